The molecular weight excluding hydrogens is 541 g/mol. The molecule has 8 heteroatoms. The molecule has 0 aromatic heterocycles. The Kier molecular flexibility index (Phi) is 7.75. The van der Waals surface area contributed by atoms with Gasteiger partial charge < -0.3 is 15.0 Å². The van der Waals surface area contributed by atoms with Gasteiger partial charge in [0.15, 0.2) is 0 Å². The van der Waals surface area contributed by atoms with E-state index in [9.17, 15) is 14.0 Å². The number of amides is 2. The zero-order valence-corrected chi connectivity index (χ0v) is 24.1. The van der Waals surface area contributed by atoms with Gasteiger partial charge in [0.1, 0.15) is 11.6 Å². The molecule has 1 atom stereocenters. The summed E-state index contributed by atoms with van der Waals surface area (Å²) in [5.74, 6) is 0.197. The van der Waals surface area contributed by atoms with Gasteiger partial charge in [0.05, 0.1) is 23.7 Å². The highest BCUT2D eigenvalue weighted by molar-refractivity contribution is 6.33. The summed E-state index contributed by atoms with van der Waals surface area (Å²) in [7, 11) is 1.57. The minimum Gasteiger partial charge on any atom is -0.496 e. The smallest absolute Gasteiger partial charge is 0.253 e. The van der Waals surface area contributed by atoms with Crippen molar-refractivity contribution in [1.82, 2.24) is 15.1 Å². The topological polar surface area (TPSA) is 61.9 Å². The third-order valence-electron chi connectivity index (χ3n) is 9.21. The van der Waals surface area contributed by atoms with Crippen LogP contribution < -0.4 is 10.1 Å². The van der Waals surface area contributed by atoms with Crippen LogP contribution in [0, 0.1) is 11.2 Å². The van der Waals surface area contributed by atoms with E-state index in [1.165, 1.54) is 11.6 Å². The molecule has 0 bridgehead atoms. The van der Waals surface area contributed by atoms with Crippen LogP contribution in [0.15, 0.2) is 60.7 Å². The van der Waals surface area contributed by atoms with E-state index in [-0.39, 0.29) is 29.1 Å². The molecule has 2 fully saturated rings. The lowest BCUT2D eigenvalue weighted by molar-refractivity contribution is 0.0711. The number of piperidine rings is 1. The number of nitrogens with zero attached hydrogens (tertiary/aromatic N) is 2. The summed E-state index contributed by atoms with van der Waals surface area (Å²) in [4.78, 5) is 30.8. The van der Waals surface area contributed by atoms with Crippen molar-refractivity contribution in [3.8, 4) is 5.75 Å². The van der Waals surface area contributed by atoms with Crippen LogP contribution in [0.2, 0.25) is 5.02 Å². The average molecular weight is 576 g/mol. The Balaban J connectivity index is 1.08. The molecule has 214 valence electrons. The van der Waals surface area contributed by atoms with E-state index in [1.807, 2.05) is 23.1 Å². The maximum Gasteiger partial charge on any atom is 0.253 e. The lowest BCUT2D eigenvalue weighted by Gasteiger charge is -2.39. The van der Waals surface area contributed by atoms with Gasteiger partial charge in [-0.05, 0) is 98.1 Å². The van der Waals surface area contributed by atoms with E-state index in [0.717, 1.165) is 63.8 Å². The first-order valence-electron chi connectivity index (χ1n) is 14.4. The third kappa shape index (κ3) is 5.57. The van der Waals surface area contributed by atoms with E-state index in [0.29, 0.717) is 34.0 Å². The van der Waals surface area contributed by atoms with Crippen LogP contribution in [-0.2, 0) is 13.0 Å². The fourth-order valence-corrected chi connectivity index (χ4v) is 6.98. The molecule has 2 aliphatic heterocycles. The van der Waals surface area contributed by atoms with Gasteiger partial charge in [0.25, 0.3) is 11.8 Å². The first-order chi connectivity index (χ1) is 19.9. The Labute approximate surface area is 245 Å². The monoisotopic (exact) mass is 575 g/mol. The number of carbonyl (C=O) groups excluding carboxylic acids is 2. The van der Waals surface area contributed by atoms with Crippen molar-refractivity contribution in [2.24, 2.45) is 5.41 Å². The number of likely N-dealkylation sites (tertiary alicyclic amines) is 2. The number of hydrogen-bond donors (Lipinski definition) is 1. The molecule has 1 aliphatic carbocycles. The molecule has 1 N–H and O–H groups in total. The van der Waals surface area contributed by atoms with Gasteiger partial charge >= 0.3 is 0 Å². The largest absolute Gasteiger partial charge is 0.496 e. The van der Waals surface area contributed by atoms with Crippen LogP contribution >= 0.6 is 11.6 Å². The average Bonchev–Trinajstić information content (AvgIpc) is 3.59. The van der Waals surface area contributed by atoms with Crippen molar-refractivity contribution < 1.29 is 18.7 Å². The predicted molar refractivity (Wildman–Crippen MR) is 157 cm³/mol. The third-order valence-corrected chi connectivity index (χ3v) is 9.54. The quantitative estimate of drug-likeness (QED) is 0.390. The van der Waals surface area contributed by atoms with E-state index in [4.69, 9.17) is 16.3 Å². The summed E-state index contributed by atoms with van der Waals surface area (Å²) in [5, 5.41) is 3.55. The number of rotatable bonds is 6. The molecule has 6 nitrogen and oxygen atoms in total. The van der Waals surface area contributed by atoms with Crippen molar-refractivity contribution >= 4 is 23.4 Å². The number of carbonyl (C=O) groups is 2. The zero-order valence-electron chi connectivity index (χ0n) is 23.3. The minimum atomic E-state index is -0.234. The molecule has 2 saturated heterocycles. The fraction of sp³-hybridized carbons (Fsp3) is 0.394. The van der Waals surface area contributed by atoms with Crippen LogP contribution in [0.1, 0.15) is 69.1 Å². The van der Waals surface area contributed by atoms with Crippen LogP contribution in [0.5, 0.6) is 5.75 Å². The Morgan fingerprint density at radius 2 is 1.83 bits per heavy atom. The van der Waals surface area contributed by atoms with Crippen molar-refractivity contribution in [1.29, 1.82) is 0 Å². The van der Waals surface area contributed by atoms with E-state index in [2.05, 4.69) is 10.2 Å². The molecule has 2 amide bonds. The van der Waals surface area contributed by atoms with Gasteiger partial charge in [-0.3, -0.25) is 14.5 Å². The highest BCUT2D eigenvalue weighted by Crippen LogP contribution is 2.42. The highest BCUT2D eigenvalue weighted by Gasteiger charge is 2.42. The van der Waals surface area contributed by atoms with Crippen LogP contribution in [0.4, 0.5) is 4.39 Å². The zero-order chi connectivity index (χ0) is 28.6. The second-order valence-corrected chi connectivity index (χ2v) is 12.0. The van der Waals surface area contributed by atoms with Crippen molar-refractivity contribution in [2.45, 2.75) is 44.7 Å². The second kappa shape index (κ2) is 11.5. The summed E-state index contributed by atoms with van der Waals surface area (Å²) < 4.78 is 19.9. The van der Waals surface area contributed by atoms with Gasteiger partial charge in [-0.1, -0.05) is 35.9 Å². The molecule has 2 heterocycles. The predicted octanol–water partition coefficient (Wildman–Crippen LogP) is 6.03. The highest BCUT2D eigenvalue weighted by atomic mass is 35.5. The fourth-order valence-electron chi connectivity index (χ4n) is 6.76. The lowest BCUT2D eigenvalue weighted by atomic mass is 9.77. The molecule has 0 saturated carbocycles. The normalized spacial score (nSPS) is 19.8. The molecule has 0 radical (unpaired) electrons. The molecule has 1 unspecified atom stereocenters. The van der Waals surface area contributed by atoms with Crippen molar-refractivity contribution in [3.63, 3.8) is 0 Å². The molecule has 3 aromatic carbocycles. The van der Waals surface area contributed by atoms with Gasteiger partial charge in [-0.25, -0.2) is 4.39 Å². The standard InChI is InChI=1S/C33H35ClFN3O3/c1-41-30-8-4-7-28(35)26(30)20-37-16-13-33(14-17-37)15-18-38(21-33)32(40)23-10-9-22-11-12-29(25(22)19-23)36-31(39)24-5-2-3-6-27(24)34/h2-10,19,29H,11-18,20-21H2,1H3,(H,36,39). The van der Waals surface area contributed by atoms with Gasteiger partial charge in [0.2, 0.25) is 0 Å². The van der Waals surface area contributed by atoms with Crippen molar-refractivity contribution in [2.75, 3.05) is 33.3 Å². The molecule has 41 heavy (non-hydrogen) atoms. The molecule has 3 aromatic rings. The lowest BCUT2D eigenvalue weighted by Crippen LogP contribution is -2.42. The van der Waals surface area contributed by atoms with Gasteiger partial charge in [-0.2, -0.15) is 0 Å². The number of halogens is 2. The van der Waals surface area contributed by atoms with E-state index < -0.39 is 0 Å². The van der Waals surface area contributed by atoms with Crippen LogP contribution in [-0.4, -0.2) is 54.9 Å². The Bertz CT molecular complexity index is 1470. The number of fused-ring (bicyclic) bond motifs is 1. The molecule has 1 spiro atoms. The Morgan fingerprint density at radius 3 is 2.61 bits per heavy atom. The van der Waals surface area contributed by atoms with E-state index in [1.54, 1.807) is 43.5 Å². The molecule has 3 aliphatic rings. The van der Waals surface area contributed by atoms with E-state index >= 15 is 0 Å². The number of ether oxygens (including phenoxy) is 1. The van der Waals surface area contributed by atoms with Gasteiger partial charge in [-0.15, -0.1) is 0 Å². The molecule has 6 rings (SSSR count). The van der Waals surface area contributed by atoms with Crippen LogP contribution in [0.3, 0.4) is 0 Å². The summed E-state index contributed by atoms with van der Waals surface area (Å²) in [6.45, 7) is 3.74. The Hall–Kier alpha value is -3.42. The number of methoxy groups -OCH3 is 1. The number of nitrogens with one attached hydrogen (secondary N) is 1. The van der Waals surface area contributed by atoms with Crippen molar-refractivity contribution in [3.05, 3.63) is 99.3 Å². The maximum absolute atomic E-state index is 14.5. The summed E-state index contributed by atoms with van der Waals surface area (Å²) in [6.07, 6.45) is 4.60. The maximum atomic E-state index is 14.5. The SMILES string of the molecule is COc1cccc(F)c1CN1CCC2(CC1)CCN(C(=O)c1ccc3c(c1)C(NC(=O)c1ccccc1Cl)CC3)C2. The number of hydrogen-bond acceptors (Lipinski definition) is 4. The summed E-state index contributed by atoms with van der Waals surface area (Å²) in [5.41, 5.74) is 4.02. The number of aryl methyl sites for hydroxylation is 1. The summed E-state index contributed by atoms with van der Waals surface area (Å²) >= 11 is 6.23. The molecular formula is C33H35ClFN3O3. The number of benzene rings is 3. The minimum absolute atomic E-state index is 0.0475. The first kappa shape index (κ1) is 27.7. The second-order valence-electron chi connectivity index (χ2n) is 11.6. The van der Waals surface area contributed by atoms with Crippen LogP contribution in [0.25, 0.3) is 0 Å². The first-order valence-corrected chi connectivity index (χ1v) is 14.7. The van der Waals surface area contributed by atoms with Gasteiger partial charge in [0, 0.05) is 30.8 Å². The summed E-state index contributed by atoms with van der Waals surface area (Å²) in [6, 6.07) is 17.8. The Morgan fingerprint density at radius 1 is 1.05 bits per heavy atom.